The first-order valence-electron chi connectivity index (χ1n) is 8.44. The van der Waals surface area contributed by atoms with E-state index in [9.17, 15) is 0 Å². The van der Waals surface area contributed by atoms with Crippen LogP contribution in [-0.4, -0.2) is 51.3 Å². The van der Waals surface area contributed by atoms with E-state index in [-0.39, 0.29) is 0 Å². The van der Waals surface area contributed by atoms with Crippen LogP contribution in [0.25, 0.3) is 0 Å². The van der Waals surface area contributed by atoms with Crippen LogP contribution in [0.4, 0.5) is 5.95 Å². The smallest absolute Gasteiger partial charge is 0.227 e. The highest BCUT2D eigenvalue weighted by molar-refractivity contribution is 5.33. The van der Waals surface area contributed by atoms with Crippen LogP contribution < -0.4 is 4.90 Å². The Morgan fingerprint density at radius 3 is 3.09 bits per heavy atom. The van der Waals surface area contributed by atoms with Gasteiger partial charge in [-0.2, -0.15) is 5.10 Å². The minimum atomic E-state index is 0.297. The van der Waals surface area contributed by atoms with Crippen molar-refractivity contribution in [1.82, 2.24) is 25.0 Å². The van der Waals surface area contributed by atoms with Crippen molar-refractivity contribution in [2.24, 2.45) is 7.05 Å². The molecule has 0 spiro atoms. The van der Waals surface area contributed by atoms with Gasteiger partial charge < -0.3 is 14.2 Å². The predicted molar refractivity (Wildman–Crippen MR) is 86.6 cm³/mol. The normalized spacial score (nSPS) is 24.7. The zero-order valence-electron chi connectivity index (χ0n) is 13.8. The summed E-state index contributed by atoms with van der Waals surface area (Å²) in [6.45, 7) is 1.93. The Balaban J connectivity index is 1.54. The van der Waals surface area contributed by atoms with E-state index < -0.39 is 0 Å². The van der Waals surface area contributed by atoms with Gasteiger partial charge in [0.2, 0.25) is 5.95 Å². The van der Waals surface area contributed by atoms with Gasteiger partial charge >= 0.3 is 0 Å². The van der Waals surface area contributed by atoms with Gasteiger partial charge in [-0.15, -0.1) is 10.2 Å². The lowest BCUT2D eigenvalue weighted by molar-refractivity contribution is 0.0887. The van der Waals surface area contributed by atoms with Crippen molar-refractivity contribution in [3.63, 3.8) is 0 Å². The van der Waals surface area contributed by atoms with Gasteiger partial charge in [-0.05, 0) is 37.7 Å². The van der Waals surface area contributed by atoms with Gasteiger partial charge in [-0.3, -0.25) is 5.10 Å². The number of hydrogen-bond acceptors (Lipinski definition) is 5. The Morgan fingerprint density at radius 2 is 2.22 bits per heavy atom. The topological polar surface area (TPSA) is 71.9 Å². The number of nitrogens with zero attached hydrogens (tertiary/aromatic N) is 5. The quantitative estimate of drug-likeness (QED) is 0.927. The number of hydrogen-bond donors (Lipinski definition) is 1. The molecule has 124 valence electrons. The third-order valence-corrected chi connectivity index (χ3v) is 5.27. The van der Waals surface area contributed by atoms with Crippen molar-refractivity contribution in [3.05, 3.63) is 23.3 Å². The van der Waals surface area contributed by atoms with E-state index in [0.717, 1.165) is 57.0 Å². The molecule has 4 rings (SSSR count). The lowest BCUT2D eigenvalue weighted by atomic mass is 9.87. The molecule has 0 bridgehead atoms. The largest absolute Gasteiger partial charge is 0.380 e. The van der Waals surface area contributed by atoms with Crippen molar-refractivity contribution >= 4 is 5.95 Å². The maximum Gasteiger partial charge on any atom is 0.227 e. The van der Waals surface area contributed by atoms with Crippen molar-refractivity contribution < 1.29 is 4.74 Å². The average molecular weight is 316 g/mol. The summed E-state index contributed by atoms with van der Waals surface area (Å²) in [5.41, 5.74) is 2.60. The fourth-order valence-electron chi connectivity index (χ4n) is 3.90. The van der Waals surface area contributed by atoms with Crippen LogP contribution in [0.3, 0.4) is 0 Å². The lowest BCUT2D eigenvalue weighted by Crippen LogP contribution is -2.40. The van der Waals surface area contributed by atoms with Gasteiger partial charge in [0.05, 0.1) is 12.3 Å². The molecule has 7 heteroatoms. The van der Waals surface area contributed by atoms with Crippen molar-refractivity contribution in [1.29, 1.82) is 0 Å². The first-order chi connectivity index (χ1) is 11.3. The van der Waals surface area contributed by atoms with Crippen LogP contribution in [0.5, 0.6) is 0 Å². The second-order valence-electron chi connectivity index (χ2n) is 6.68. The van der Waals surface area contributed by atoms with Crippen LogP contribution in [0.15, 0.2) is 6.20 Å². The highest BCUT2D eigenvalue weighted by Gasteiger charge is 2.28. The zero-order valence-corrected chi connectivity index (χ0v) is 13.8. The zero-order chi connectivity index (χ0) is 15.8. The number of rotatable bonds is 3. The standard InChI is InChI=1S/C16H24N6O/c1-21-15(11-5-6-12-9-17-18-14(12)8-11)19-20-16(21)22-7-3-4-13(10-22)23-2/h9,11,13H,3-8,10H2,1-2H3,(H,17,18). The number of ether oxygens (including phenoxy) is 1. The van der Waals surface area contributed by atoms with Gasteiger partial charge in [-0.25, -0.2) is 0 Å². The first kappa shape index (κ1) is 14.7. The van der Waals surface area contributed by atoms with Crippen LogP contribution in [-0.2, 0) is 24.6 Å². The summed E-state index contributed by atoms with van der Waals surface area (Å²) in [5.74, 6) is 2.47. The van der Waals surface area contributed by atoms with Crippen LogP contribution >= 0.6 is 0 Å². The Hall–Kier alpha value is -1.89. The van der Waals surface area contributed by atoms with Gasteiger partial charge in [0.25, 0.3) is 0 Å². The number of aryl methyl sites for hydroxylation is 1. The van der Waals surface area contributed by atoms with E-state index in [1.807, 2.05) is 6.20 Å². The molecule has 1 fully saturated rings. The Kier molecular flexibility index (Phi) is 3.80. The molecule has 0 amide bonds. The minimum absolute atomic E-state index is 0.297. The van der Waals surface area contributed by atoms with Crippen molar-refractivity contribution in [3.8, 4) is 0 Å². The molecule has 0 radical (unpaired) electrons. The fourth-order valence-corrected chi connectivity index (χ4v) is 3.90. The molecule has 0 saturated carbocycles. The van der Waals surface area contributed by atoms with E-state index in [2.05, 4.69) is 36.9 Å². The van der Waals surface area contributed by atoms with E-state index in [4.69, 9.17) is 4.74 Å². The van der Waals surface area contributed by atoms with Crippen LogP contribution in [0.1, 0.15) is 42.3 Å². The number of anilines is 1. The molecule has 2 unspecified atom stereocenters. The molecule has 2 aromatic rings. The molecular weight excluding hydrogens is 292 g/mol. The fraction of sp³-hybridized carbons (Fsp3) is 0.688. The number of piperidine rings is 1. The number of aromatic nitrogens is 5. The van der Waals surface area contributed by atoms with Crippen molar-refractivity contribution in [2.75, 3.05) is 25.1 Å². The molecule has 1 aliphatic heterocycles. The molecule has 7 nitrogen and oxygen atoms in total. The van der Waals surface area contributed by atoms with Gasteiger partial charge in [0, 0.05) is 38.9 Å². The molecule has 2 aromatic heterocycles. The average Bonchev–Trinajstić information content (AvgIpc) is 3.20. The third-order valence-electron chi connectivity index (χ3n) is 5.27. The van der Waals surface area contributed by atoms with E-state index in [1.54, 1.807) is 7.11 Å². The van der Waals surface area contributed by atoms with Gasteiger partial charge in [0.15, 0.2) is 0 Å². The number of fused-ring (bicyclic) bond motifs is 1. The van der Waals surface area contributed by atoms with Gasteiger partial charge in [0.1, 0.15) is 5.82 Å². The molecule has 1 N–H and O–H groups in total. The maximum absolute atomic E-state index is 5.53. The SMILES string of the molecule is COC1CCCN(c2nnc(C3CCc4cn[nH]c4C3)n2C)C1. The summed E-state index contributed by atoms with van der Waals surface area (Å²) in [6, 6.07) is 0. The summed E-state index contributed by atoms with van der Waals surface area (Å²) < 4.78 is 7.70. The highest BCUT2D eigenvalue weighted by atomic mass is 16.5. The van der Waals surface area contributed by atoms with E-state index >= 15 is 0 Å². The first-order valence-corrected chi connectivity index (χ1v) is 8.44. The van der Waals surface area contributed by atoms with E-state index in [1.165, 1.54) is 11.3 Å². The summed E-state index contributed by atoms with van der Waals surface area (Å²) in [5, 5.41) is 16.3. The summed E-state index contributed by atoms with van der Waals surface area (Å²) >= 11 is 0. The Morgan fingerprint density at radius 1 is 1.30 bits per heavy atom. The monoisotopic (exact) mass is 316 g/mol. The number of methoxy groups -OCH3 is 1. The summed E-state index contributed by atoms with van der Waals surface area (Å²) in [6.07, 6.45) is 7.66. The van der Waals surface area contributed by atoms with Gasteiger partial charge in [-0.1, -0.05) is 0 Å². The Bertz CT molecular complexity index is 678. The molecule has 3 heterocycles. The third kappa shape index (κ3) is 2.63. The second kappa shape index (κ2) is 5.96. The molecule has 2 aliphatic rings. The summed E-state index contributed by atoms with van der Waals surface area (Å²) in [7, 11) is 3.88. The number of H-pyrrole nitrogens is 1. The second-order valence-corrected chi connectivity index (χ2v) is 6.68. The Labute approximate surface area is 136 Å². The molecule has 1 aliphatic carbocycles. The number of nitrogens with one attached hydrogen (secondary N) is 1. The molecular formula is C16H24N6O. The van der Waals surface area contributed by atoms with Crippen molar-refractivity contribution in [2.45, 2.75) is 44.1 Å². The summed E-state index contributed by atoms with van der Waals surface area (Å²) in [4.78, 5) is 2.30. The van der Waals surface area contributed by atoms with E-state index in [0.29, 0.717) is 12.0 Å². The maximum atomic E-state index is 5.53. The molecule has 1 saturated heterocycles. The van der Waals surface area contributed by atoms with Crippen LogP contribution in [0, 0.1) is 0 Å². The predicted octanol–water partition coefficient (Wildman–Crippen LogP) is 1.43. The highest BCUT2D eigenvalue weighted by Crippen LogP contribution is 2.32. The molecule has 0 aromatic carbocycles. The molecule has 2 atom stereocenters. The molecule has 23 heavy (non-hydrogen) atoms. The number of aromatic amines is 1. The lowest BCUT2D eigenvalue weighted by Gasteiger charge is -2.32. The van der Waals surface area contributed by atoms with Crippen LogP contribution in [0.2, 0.25) is 0 Å². The minimum Gasteiger partial charge on any atom is -0.380 e.